The van der Waals surface area contributed by atoms with Gasteiger partial charge in [0.1, 0.15) is 0 Å². The highest BCUT2D eigenvalue weighted by atomic mass is 16.7. The normalized spacial score (nSPS) is 19.4. The molecule has 0 spiro atoms. The Hall–Kier alpha value is -1.30. The number of nitrogens with zero attached hydrogens (tertiary/aromatic N) is 4. The van der Waals surface area contributed by atoms with Crippen LogP contribution in [0.15, 0.2) is 5.11 Å². The van der Waals surface area contributed by atoms with E-state index in [4.69, 9.17) is 15.0 Å². The van der Waals surface area contributed by atoms with Crippen LogP contribution in [0, 0.1) is 5.92 Å². The van der Waals surface area contributed by atoms with Gasteiger partial charge >= 0.3 is 0 Å². The molecule has 1 rings (SSSR count). The third-order valence-electron chi connectivity index (χ3n) is 2.77. The van der Waals surface area contributed by atoms with Gasteiger partial charge in [-0.3, -0.25) is 4.79 Å². The molecule has 1 saturated heterocycles. The third kappa shape index (κ3) is 4.52. The summed E-state index contributed by atoms with van der Waals surface area (Å²) in [5, 5.41) is 3.51. The summed E-state index contributed by atoms with van der Waals surface area (Å²) in [5.41, 5.74) is 8.26. The minimum Gasteiger partial charge on any atom is -0.351 e. The molecule has 1 unspecified atom stereocenters. The van der Waals surface area contributed by atoms with Gasteiger partial charge in [-0.1, -0.05) is 5.11 Å². The summed E-state index contributed by atoms with van der Waals surface area (Å²) in [7, 11) is 0. The highest BCUT2D eigenvalue weighted by molar-refractivity contribution is 5.78. The minimum atomic E-state index is -0.373. The van der Waals surface area contributed by atoms with Gasteiger partial charge in [0, 0.05) is 37.6 Å². The molecule has 0 saturated carbocycles. The zero-order valence-corrected chi connectivity index (χ0v) is 10.9. The number of hydrogen-bond donors (Lipinski definition) is 0. The Morgan fingerprint density at radius 1 is 1.50 bits per heavy atom. The zero-order valence-electron chi connectivity index (χ0n) is 10.9. The van der Waals surface area contributed by atoms with Gasteiger partial charge in [-0.05, 0) is 25.3 Å². The van der Waals surface area contributed by atoms with Crippen molar-refractivity contribution >= 4 is 5.91 Å². The molecule has 1 aliphatic heterocycles. The lowest BCUT2D eigenvalue weighted by Gasteiger charge is -2.23. The van der Waals surface area contributed by atoms with E-state index in [0.29, 0.717) is 39.3 Å². The van der Waals surface area contributed by atoms with Crippen LogP contribution in [0.2, 0.25) is 0 Å². The molecular weight excluding hydrogens is 236 g/mol. The van der Waals surface area contributed by atoms with Crippen molar-refractivity contribution in [3.05, 3.63) is 10.4 Å². The molecule has 1 amide bonds. The molecule has 0 bridgehead atoms. The fraction of sp³-hybridized carbons (Fsp3) is 0.909. The monoisotopic (exact) mass is 256 g/mol. The summed E-state index contributed by atoms with van der Waals surface area (Å²) in [5.74, 6) is 0.176. The molecular formula is C11H20N4O3. The van der Waals surface area contributed by atoms with Gasteiger partial charge < -0.3 is 14.4 Å². The number of amides is 1. The van der Waals surface area contributed by atoms with Crippen LogP contribution in [0.3, 0.4) is 0 Å². The number of carbonyl (C=O) groups excluding carboxylic acids is 1. The van der Waals surface area contributed by atoms with E-state index in [1.165, 1.54) is 0 Å². The third-order valence-corrected chi connectivity index (χ3v) is 2.77. The predicted octanol–water partition coefficient (Wildman–Crippen LogP) is 1.54. The molecule has 1 heterocycles. The highest BCUT2D eigenvalue weighted by Crippen LogP contribution is 2.19. The Balaban J connectivity index is 2.45. The first-order valence-electron chi connectivity index (χ1n) is 6.23. The summed E-state index contributed by atoms with van der Waals surface area (Å²) in [4.78, 5) is 16.2. The number of ether oxygens (including phenoxy) is 2. The van der Waals surface area contributed by atoms with Crippen molar-refractivity contribution < 1.29 is 14.3 Å². The molecule has 0 aromatic rings. The van der Waals surface area contributed by atoms with E-state index in [9.17, 15) is 4.79 Å². The molecule has 0 N–H and O–H groups in total. The van der Waals surface area contributed by atoms with Crippen molar-refractivity contribution in [3.8, 4) is 0 Å². The van der Waals surface area contributed by atoms with E-state index >= 15 is 0 Å². The summed E-state index contributed by atoms with van der Waals surface area (Å²) in [6, 6.07) is 0. The molecule has 0 aromatic heterocycles. The van der Waals surface area contributed by atoms with Gasteiger partial charge in [-0.15, -0.1) is 0 Å². The number of azide groups is 1. The van der Waals surface area contributed by atoms with E-state index in [1.54, 1.807) is 4.90 Å². The van der Waals surface area contributed by atoms with Crippen LogP contribution >= 0.6 is 0 Å². The van der Waals surface area contributed by atoms with Crippen LogP contribution < -0.4 is 0 Å². The van der Waals surface area contributed by atoms with Crippen LogP contribution in [0.25, 0.3) is 10.4 Å². The maximum absolute atomic E-state index is 11.8. The summed E-state index contributed by atoms with van der Waals surface area (Å²) in [6.45, 7) is 6.29. The Labute approximate surface area is 107 Å². The first-order chi connectivity index (χ1) is 8.71. The van der Waals surface area contributed by atoms with Gasteiger partial charge in [0.25, 0.3) is 0 Å². The first-order valence-corrected chi connectivity index (χ1v) is 6.23. The van der Waals surface area contributed by atoms with Crippen LogP contribution in [-0.4, -0.2) is 49.9 Å². The summed E-state index contributed by atoms with van der Waals surface area (Å²) < 4.78 is 10.8. The average Bonchev–Trinajstić information content (AvgIpc) is 2.68. The number of carbonyl (C=O) groups is 1. The van der Waals surface area contributed by atoms with Crippen molar-refractivity contribution in [1.82, 2.24) is 4.90 Å². The van der Waals surface area contributed by atoms with Crippen molar-refractivity contribution in [2.24, 2.45) is 11.0 Å². The average molecular weight is 256 g/mol. The van der Waals surface area contributed by atoms with E-state index in [1.807, 2.05) is 13.8 Å². The van der Waals surface area contributed by atoms with Gasteiger partial charge in [-0.2, -0.15) is 0 Å². The molecule has 1 aliphatic rings. The largest absolute Gasteiger partial charge is 0.351 e. The van der Waals surface area contributed by atoms with Crippen molar-refractivity contribution in [2.45, 2.75) is 26.6 Å². The fourth-order valence-corrected chi connectivity index (χ4v) is 2.01. The Morgan fingerprint density at radius 3 is 2.72 bits per heavy atom. The predicted molar refractivity (Wildman–Crippen MR) is 65.7 cm³/mol. The van der Waals surface area contributed by atoms with Crippen LogP contribution in [-0.2, 0) is 14.3 Å². The minimum absolute atomic E-state index is 0.0672. The zero-order chi connectivity index (χ0) is 13.4. The SMILES string of the molecule is CCOC(CN1CC(CN=[N+]=[N-])CC1=O)OCC. The van der Waals surface area contributed by atoms with E-state index in [2.05, 4.69) is 10.0 Å². The van der Waals surface area contributed by atoms with Gasteiger partial charge in [0.2, 0.25) is 5.91 Å². The maximum atomic E-state index is 11.8. The van der Waals surface area contributed by atoms with Crippen molar-refractivity contribution in [1.29, 1.82) is 0 Å². The first kappa shape index (κ1) is 14.8. The molecule has 1 fully saturated rings. The van der Waals surface area contributed by atoms with Crippen LogP contribution in [0.1, 0.15) is 20.3 Å². The molecule has 102 valence electrons. The molecule has 18 heavy (non-hydrogen) atoms. The molecule has 7 heteroatoms. The lowest BCUT2D eigenvalue weighted by atomic mass is 10.1. The molecule has 0 aliphatic carbocycles. The highest BCUT2D eigenvalue weighted by Gasteiger charge is 2.30. The van der Waals surface area contributed by atoms with Gasteiger partial charge in [0.15, 0.2) is 6.29 Å². The standard InChI is InChI=1S/C11H20N4O3/c1-3-17-11(18-4-2)8-15-7-9(5-10(15)16)6-13-14-12/h9,11H,3-8H2,1-2H3. The van der Waals surface area contributed by atoms with Gasteiger partial charge in [0.05, 0.1) is 6.54 Å². The Kier molecular flexibility index (Phi) is 6.49. The quantitative estimate of drug-likeness (QED) is 0.285. The second-order valence-corrected chi connectivity index (χ2v) is 4.12. The fourth-order valence-electron chi connectivity index (χ4n) is 2.01. The Bertz CT molecular complexity index is 311. The number of likely N-dealkylation sites (tertiary alicyclic amines) is 1. The number of hydrogen-bond acceptors (Lipinski definition) is 4. The Morgan fingerprint density at radius 2 is 2.17 bits per heavy atom. The lowest BCUT2D eigenvalue weighted by Crippen LogP contribution is -2.36. The molecule has 0 radical (unpaired) electrons. The van der Waals surface area contributed by atoms with Crippen molar-refractivity contribution in [2.75, 3.05) is 32.8 Å². The molecule has 0 aromatic carbocycles. The smallest absolute Gasteiger partial charge is 0.223 e. The molecule has 1 atom stereocenters. The van der Waals surface area contributed by atoms with E-state index in [0.717, 1.165) is 0 Å². The van der Waals surface area contributed by atoms with Crippen LogP contribution in [0.5, 0.6) is 0 Å². The maximum Gasteiger partial charge on any atom is 0.223 e. The van der Waals surface area contributed by atoms with Crippen LogP contribution in [0.4, 0.5) is 0 Å². The summed E-state index contributed by atoms with van der Waals surface area (Å²) >= 11 is 0. The van der Waals surface area contributed by atoms with Crippen molar-refractivity contribution in [3.63, 3.8) is 0 Å². The topological polar surface area (TPSA) is 87.5 Å². The van der Waals surface area contributed by atoms with E-state index < -0.39 is 0 Å². The lowest BCUT2D eigenvalue weighted by molar-refractivity contribution is -0.155. The van der Waals surface area contributed by atoms with E-state index in [-0.39, 0.29) is 18.1 Å². The molecule has 7 nitrogen and oxygen atoms in total. The summed E-state index contributed by atoms with van der Waals surface area (Å²) in [6.07, 6.45) is 0.0615. The second kappa shape index (κ2) is 7.92. The second-order valence-electron chi connectivity index (χ2n) is 4.12. The van der Waals surface area contributed by atoms with Gasteiger partial charge in [-0.25, -0.2) is 0 Å². The number of rotatable bonds is 8.